The summed E-state index contributed by atoms with van der Waals surface area (Å²) in [7, 11) is 0. The number of nitrogens with one attached hydrogen (secondary N) is 2. The van der Waals surface area contributed by atoms with E-state index >= 15 is 0 Å². The van der Waals surface area contributed by atoms with E-state index in [1.807, 2.05) is 24.3 Å². The molecule has 0 atom stereocenters. The molecule has 5 nitrogen and oxygen atoms in total. The molecule has 0 saturated heterocycles. The number of hydrogen-bond donors (Lipinski definition) is 3. The fraction of sp³-hybridized carbons (Fsp3) is 0.278. The number of aryl methyl sites for hydroxylation is 1. The summed E-state index contributed by atoms with van der Waals surface area (Å²) in [4.78, 5) is 25.6. The molecule has 0 saturated carbocycles. The highest BCUT2D eigenvalue weighted by atomic mass is 79.9. The molecule has 0 radical (unpaired) electrons. The SMILES string of the molecule is NC(=O)c1c(NC(=O)C(=S)Nc2ccc(Br)cc2)sc2c1CCCCC2. The number of nitrogens with two attached hydrogens (primary N) is 1. The Morgan fingerprint density at radius 3 is 2.46 bits per heavy atom. The first kappa shape index (κ1) is 19.0. The minimum Gasteiger partial charge on any atom is -0.365 e. The molecule has 1 aromatic heterocycles. The molecule has 26 heavy (non-hydrogen) atoms. The van der Waals surface area contributed by atoms with Crippen LogP contribution < -0.4 is 16.4 Å². The first-order valence-corrected chi connectivity index (χ1v) is 10.3. The fourth-order valence-electron chi connectivity index (χ4n) is 2.97. The maximum absolute atomic E-state index is 12.5. The van der Waals surface area contributed by atoms with Crippen molar-refractivity contribution in [1.29, 1.82) is 0 Å². The van der Waals surface area contributed by atoms with Crippen LogP contribution in [-0.4, -0.2) is 16.8 Å². The third-order valence-corrected chi connectivity index (χ3v) is 6.23. The zero-order valence-electron chi connectivity index (χ0n) is 13.9. The van der Waals surface area contributed by atoms with Gasteiger partial charge in [-0.25, -0.2) is 0 Å². The number of amides is 2. The molecule has 8 heteroatoms. The number of thiophene rings is 1. The number of hydrogen-bond acceptors (Lipinski definition) is 4. The lowest BCUT2D eigenvalue weighted by Gasteiger charge is -2.09. The third-order valence-electron chi connectivity index (χ3n) is 4.20. The van der Waals surface area contributed by atoms with E-state index in [1.165, 1.54) is 11.3 Å². The predicted molar refractivity (Wildman–Crippen MR) is 113 cm³/mol. The monoisotopic (exact) mass is 451 g/mol. The molecule has 0 fully saturated rings. The van der Waals surface area contributed by atoms with Crippen LogP contribution in [-0.2, 0) is 17.6 Å². The van der Waals surface area contributed by atoms with E-state index in [9.17, 15) is 9.59 Å². The van der Waals surface area contributed by atoms with Gasteiger partial charge in [-0.15, -0.1) is 11.3 Å². The number of rotatable bonds is 3. The van der Waals surface area contributed by atoms with Crippen molar-refractivity contribution >= 4 is 67.0 Å². The van der Waals surface area contributed by atoms with Gasteiger partial charge in [-0.1, -0.05) is 34.6 Å². The number of primary amides is 1. The fourth-order valence-corrected chi connectivity index (χ4v) is 4.70. The van der Waals surface area contributed by atoms with Gasteiger partial charge in [-0.05, 0) is 55.5 Å². The van der Waals surface area contributed by atoms with Gasteiger partial charge < -0.3 is 16.4 Å². The first-order chi connectivity index (χ1) is 12.5. The van der Waals surface area contributed by atoms with E-state index in [2.05, 4.69) is 26.6 Å². The second-order valence-electron chi connectivity index (χ2n) is 6.05. The molecule has 0 spiro atoms. The Kier molecular flexibility index (Phi) is 6.05. The van der Waals surface area contributed by atoms with Gasteiger partial charge in [-0.3, -0.25) is 9.59 Å². The Hall–Kier alpha value is -1.77. The standard InChI is InChI=1S/C18H18BrN3O2S2/c19-10-6-8-11(9-7-10)21-17(25)16(24)22-18-14(15(20)23)12-4-2-1-3-5-13(12)26-18/h6-9H,1-5H2,(H2,20,23)(H,21,25)(H,22,24). The molecular formula is C18H18BrN3O2S2. The Balaban J connectivity index is 1.77. The van der Waals surface area contributed by atoms with Gasteiger partial charge in [0.05, 0.1) is 5.56 Å². The molecule has 2 aromatic rings. The maximum atomic E-state index is 12.5. The molecule has 0 bridgehead atoms. The van der Waals surface area contributed by atoms with Crippen molar-refractivity contribution in [2.75, 3.05) is 10.6 Å². The molecule has 3 rings (SSSR count). The first-order valence-electron chi connectivity index (χ1n) is 8.28. The summed E-state index contributed by atoms with van der Waals surface area (Å²) in [5, 5.41) is 6.16. The minimum absolute atomic E-state index is 0.0336. The van der Waals surface area contributed by atoms with Gasteiger partial charge in [0.25, 0.3) is 11.8 Å². The Bertz CT molecular complexity index is 862. The van der Waals surface area contributed by atoms with Crippen molar-refractivity contribution in [3.05, 3.63) is 44.7 Å². The third kappa shape index (κ3) is 4.31. The number of carbonyl (C=O) groups is 2. The molecule has 4 N–H and O–H groups in total. The zero-order chi connectivity index (χ0) is 18.7. The highest BCUT2D eigenvalue weighted by Gasteiger charge is 2.25. The Morgan fingerprint density at radius 1 is 1.08 bits per heavy atom. The van der Waals surface area contributed by atoms with E-state index in [0.717, 1.165) is 47.0 Å². The summed E-state index contributed by atoms with van der Waals surface area (Å²) in [5.74, 6) is -0.965. The Labute approximate surface area is 169 Å². The lowest BCUT2D eigenvalue weighted by atomic mass is 10.1. The summed E-state index contributed by atoms with van der Waals surface area (Å²) >= 11 is 9.97. The molecule has 2 amide bonds. The molecule has 1 aromatic carbocycles. The average molecular weight is 452 g/mol. The minimum atomic E-state index is -0.508. The highest BCUT2D eigenvalue weighted by Crippen LogP contribution is 2.37. The number of carbonyl (C=O) groups excluding carboxylic acids is 2. The molecule has 1 aliphatic rings. The van der Waals surface area contributed by atoms with Crippen molar-refractivity contribution in [2.45, 2.75) is 32.1 Å². The van der Waals surface area contributed by atoms with Gasteiger partial charge in [-0.2, -0.15) is 0 Å². The van der Waals surface area contributed by atoms with Gasteiger partial charge >= 0.3 is 0 Å². The number of benzene rings is 1. The van der Waals surface area contributed by atoms with E-state index < -0.39 is 11.8 Å². The van der Waals surface area contributed by atoms with Crippen LogP contribution >= 0.6 is 39.5 Å². The molecule has 0 unspecified atom stereocenters. The second kappa shape index (κ2) is 8.28. The highest BCUT2D eigenvalue weighted by molar-refractivity contribution is 9.10. The van der Waals surface area contributed by atoms with Crippen molar-refractivity contribution in [3.63, 3.8) is 0 Å². The van der Waals surface area contributed by atoms with Gasteiger partial charge in [0.1, 0.15) is 5.00 Å². The van der Waals surface area contributed by atoms with Crippen LogP contribution in [0, 0.1) is 0 Å². The van der Waals surface area contributed by atoms with Crippen LogP contribution in [0.15, 0.2) is 28.7 Å². The van der Waals surface area contributed by atoms with Crippen LogP contribution in [0.1, 0.15) is 40.1 Å². The summed E-state index contributed by atoms with van der Waals surface area (Å²) in [6.45, 7) is 0. The normalized spacial score (nSPS) is 13.4. The number of thiocarbonyl (C=S) groups is 1. The lowest BCUT2D eigenvalue weighted by molar-refractivity contribution is -0.110. The predicted octanol–water partition coefficient (Wildman–Crippen LogP) is 4.26. The lowest BCUT2D eigenvalue weighted by Crippen LogP contribution is -2.28. The van der Waals surface area contributed by atoms with Gasteiger partial charge in [0, 0.05) is 15.0 Å². The summed E-state index contributed by atoms with van der Waals surface area (Å²) in [5.41, 5.74) is 7.73. The van der Waals surface area contributed by atoms with E-state index in [4.69, 9.17) is 18.0 Å². The summed E-state index contributed by atoms with van der Waals surface area (Å²) in [6.07, 6.45) is 4.99. The van der Waals surface area contributed by atoms with E-state index in [-0.39, 0.29) is 4.99 Å². The molecule has 0 aliphatic heterocycles. The zero-order valence-corrected chi connectivity index (χ0v) is 17.2. The van der Waals surface area contributed by atoms with Crippen LogP contribution in [0.5, 0.6) is 0 Å². The van der Waals surface area contributed by atoms with E-state index in [1.54, 1.807) is 0 Å². The molecular weight excluding hydrogens is 434 g/mol. The van der Waals surface area contributed by atoms with Crippen molar-refractivity contribution in [2.24, 2.45) is 5.73 Å². The number of halogens is 1. The van der Waals surface area contributed by atoms with Crippen LogP contribution in [0.2, 0.25) is 0 Å². The van der Waals surface area contributed by atoms with Crippen LogP contribution in [0.3, 0.4) is 0 Å². The van der Waals surface area contributed by atoms with Crippen LogP contribution in [0.4, 0.5) is 10.7 Å². The number of anilines is 2. The Morgan fingerprint density at radius 2 is 1.77 bits per heavy atom. The van der Waals surface area contributed by atoms with Crippen molar-refractivity contribution in [1.82, 2.24) is 0 Å². The molecule has 136 valence electrons. The van der Waals surface area contributed by atoms with Gasteiger partial charge in [0.2, 0.25) is 0 Å². The summed E-state index contributed by atoms with van der Waals surface area (Å²) < 4.78 is 0.935. The number of fused-ring (bicyclic) bond motifs is 1. The average Bonchev–Trinajstić information content (AvgIpc) is 2.78. The van der Waals surface area contributed by atoms with Gasteiger partial charge in [0.15, 0.2) is 4.99 Å². The molecule has 1 heterocycles. The quantitative estimate of drug-likeness (QED) is 0.480. The second-order valence-corrected chi connectivity index (χ2v) is 8.48. The molecule has 1 aliphatic carbocycles. The van der Waals surface area contributed by atoms with Crippen molar-refractivity contribution < 1.29 is 9.59 Å². The smallest absolute Gasteiger partial charge is 0.284 e. The van der Waals surface area contributed by atoms with E-state index in [0.29, 0.717) is 16.3 Å². The maximum Gasteiger partial charge on any atom is 0.284 e. The topological polar surface area (TPSA) is 84.2 Å². The summed E-state index contributed by atoms with van der Waals surface area (Å²) in [6, 6.07) is 7.33. The largest absolute Gasteiger partial charge is 0.365 e. The van der Waals surface area contributed by atoms with Crippen LogP contribution in [0.25, 0.3) is 0 Å². The van der Waals surface area contributed by atoms with Crippen molar-refractivity contribution in [3.8, 4) is 0 Å².